The molecule has 2 heterocycles. The molecule has 0 bridgehead atoms. The molecular formula is C20H28ClN5. The SMILES string of the molecule is CCCN(CCC)c1ccnc(N2CCN(c3cccc(Cl)c3)CC2)n1. The van der Waals surface area contributed by atoms with Gasteiger partial charge in [-0.2, -0.15) is 4.98 Å². The highest BCUT2D eigenvalue weighted by atomic mass is 35.5. The average Bonchev–Trinajstić information content (AvgIpc) is 2.68. The summed E-state index contributed by atoms with van der Waals surface area (Å²) in [4.78, 5) is 16.4. The molecule has 0 saturated carbocycles. The van der Waals surface area contributed by atoms with Gasteiger partial charge >= 0.3 is 0 Å². The van der Waals surface area contributed by atoms with E-state index in [1.807, 2.05) is 30.5 Å². The van der Waals surface area contributed by atoms with E-state index < -0.39 is 0 Å². The van der Waals surface area contributed by atoms with Crippen LogP contribution in [0.4, 0.5) is 17.5 Å². The third-order valence-corrected chi connectivity index (χ3v) is 4.91. The first-order chi connectivity index (χ1) is 12.7. The molecule has 0 N–H and O–H groups in total. The largest absolute Gasteiger partial charge is 0.368 e. The maximum absolute atomic E-state index is 6.13. The number of anilines is 3. The van der Waals surface area contributed by atoms with Gasteiger partial charge in [0.2, 0.25) is 5.95 Å². The van der Waals surface area contributed by atoms with Gasteiger partial charge in [0.15, 0.2) is 0 Å². The normalized spacial score (nSPS) is 14.6. The Kier molecular flexibility index (Phi) is 6.56. The molecule has 1 aliphatic heterocycles. The van der Waals surface area contributed by atoms with Gasteiger partial charge in [-0.3, -0.25) is 0 Å². The average molecular weight is 374 g/mol. The first-order valence-electron chi connectivity index (χ1n) is 9.54. The molecule has 2 aromatic rings. The Morgan fingerprint density at radius 1 is 1.00 bits per heavy atom. The van der Waals surface area contributed by atoms with E-state index in [1.165, 1.54) is 5.69 Å². The van der Waals surface area contributed by atoms with Gasteiger partial charge in [0.1, 0.15) is 5.82 Å². The van der Waals surface area contributed by atoms with Gasteiger partial charge in [-0.05, 0) is 37.1 Å². The van der Waals surface area contributed by atoms with Gasteiger partial charge in [-0.25, -0.2) is 4.98 Å². The van der Waals surface area contributed by atoms with Crippen molar-refractivity contribution in [3.05, 3.63) is 41.6 Å². The summed E-state index contributed by atoms with van der Waals surface area (Å²) in [6.45, 7) is 10.2. The third kappa shape index (κ3) is 4.58. The number of aromatic nitrogens is 2. The van der Waals surface area contributed by atoms with Crippen molar-refractivity contribution in [2.45, 2.75) is 26.7 Å². The van der Waals surface area contributed by atoms with Crippen molar-refractivity contribution < 1.29 is 0 Å². The Morgan fingerprint density at radius 2 is 1.69 bits per heavy atom. The molecule has 26 heavy (non-hydrogen) atoms. The zero-order chi connectivity index (χ0) is 18.4. The molecule has 1 aromatic carbocycles. The van der Waals surface area contributed by atoms with Crippen LogP contribution in [-0.4, -0.2) is 49.2 Å². The lowest BCUT2D eigenvalue weighted by molar-refractivity contribution is 0.638. The summed E-state index contributed by atoms with van der Waals surface area (Å²) in [6.07, 6.45) is 4.13. The third-order valence-electron chi connectivity index (χ3n) is 4.68. The molecule has 0 unspecified atom stereocenters. The predicted octanol–water partition coefficient (Wildman–Crippen LogP) is 4.08. The highest BCUT2D eigenvalue weighted by Gasteiger charge is 2.20. The summed E-state index contributed by atoms with van der Waals surface area (Å²) < 4.78 is 0. The lowest BCUT2D eigenvalue weighted by Crippen LogP contribution is -2.47. The summed E-state index contributed by atoms with van der Waals surface area (Å²) in [5, 5.41) is 0.785. The zero-order valence-corrected chi connectivity index (χ0v) is 16.5. The van der Waals surface area contributed by atoms with Gasteiger partial charge in [-0.1, -0.05) is 31.5 Å². The lowest BCUT2D eigenvalue weighted by Gasteiger charge is -2.36. The van der Waals surface area contributed by atoms with E-state index >= 15 is 0 Å². The second kappa shape index (κ2) is 9.08. The van der Waals surface area contributed by atoms with Crippen molar-refractivity contribution in [1.82, 2.24) is 9.97 Å². The van der Waals surface area contributed by atoms with Crippen LogP contribution in [0.1, 0.15) is 26.7 Å². The van der Waals surface area contributed by atoms with Crippen molar-refractivity contribution in [2.75, 3.05) is 54.0 Å². The quantitative estimate of drug-likeness (QED) is 0.730. The zero-order valence-electron chi connectivity index (χ0n) is 15.7. The Bertz CT molecular complexity index is 694. The standard InChI is InChI=1S/C20H28ClN5/c1-3-10-25(11-4-2)19-8-9-22-20(23-19)26-14-12-24(13-15-26)18-7-5-6-17(21)16-18/h5-9,16H,3-4,10-15H2,1-2H3. The van der Waals surface area contributed by atoms with Crippen LogP contribution in [-0.2, 0) is 0 Å². The minimum atomic E-state index is 0.785. The van der Waals surface area contributed by atoms with E-state index in [9.17, 15) is 0 Å². The molecule has 6 heteroatoms. The molecule has 1 saturated heterocycles. The van der Waals surface area contributed by atoms with Gasteiger partial charge in [0.25, 0.3) is 0 Å². The number of rotatable bonds is 7. The minimum Gasteiger partial charge on any atom is -0.368 e. The highest BCUT2D eigenvalue weighted by molar-refractivity contribution is 6.30. The van der Waals surface area contributed by atoms with Crippen LogP contribution in [0.15, 0.2) is 36.5 Å². The smallest absolute Gasteiger partial charge is 0.227 e. The summed E-state index contributed by atoms with van der Waals surface area (Å²) in [5.41, 5.74) is 1.18. The number of halogens is 1. The summed E-state index contributed by atoms with van der Waals surface area (Å²) in [6, 6.07) is 10.1. The van der Waals surface area contributed by atoms with Crippen LogP contribution in [0, 0.1) is 0 Å². The van der Waals surface area contributed by atoms with E-state index in [1.54, 1.807) is 0 Å². The molecule has 0 atom stereocenters. The van der Waals surface area contributed by atoms with Crippen molar-refractivity contribution >= 4 is 29.1 Å². The molecular weight excluding hydrogens is 346 g/mol. The van der Waals surface area contributed by atoms with Crippen LogP contribution in [0.3, 0.4) is 0 Å². The first-order valence-corrected chi connectivity index (χ1v) is 9.92. The molecule has 0 amide bonds. The number of benzene rings is 1. The van der Waals surface area contributed by atoms with Crippen LogP contribution in [0.2, 0.25) is 5.02 Å². The summed E-state index contributed by atoms with van der Waals surface area (Å²) in [7, 11) is 0. The molecule has 1 fully saturated rings. The number of hydrogen-bond donors (Lipinski definition) is 0. The second-order valence-electron chi connectivity index (χ2n) is 6.66. The monoisotopic (exact) mass is 373 g/mol. The van der Waals surface area contributed by atoms with Gasteiger partial charge < -0.3 is 14.7 Å². The lowest BCUT2D eigenvalue weighted by atomic mass is 10.2. The van der Waals surface area contributed by atoms with Crippen LogP contribution >= 0.6 is 11.6 Å². The van der Waals surface area contributed by atoms with E-state index in [-0.39, 0.29) is 0 Å². The fourth-order valence-electron chi connectivity index (χ4n) is 3.39. The van der Waals surface area contributed by atoms with Crippen molar-refractivity contribution in [3.63, 3.8) is 0 Å². The number of piperazine rings is 1. The molecule has 0 radical (unpaired) electrons. The van der Waals surface area contributed by atoms with E-state index in [4.69, 9.17) is 16.6 Å². The summed E-state index contributed by atoms with van der Waals surface area (Å²) >= 11 is 6.13. The van der Waals surface area contributed by atoms with Crippen LogP contribution in [0.5, 0.6) is 0 Å². The van der Waals surface area contributed by atoms with Crippen LogP contribution in [0.25, 0.3) is 0 Å². The molecule has 3 rings (SSSR count). The van der Waals surface area contributed by atoms with Crippen molar-refractivity contribution in [3.8, 4) is 0 Å². The fourth-order valence-corrected chi connectivity index (χ4v) is 3.57. The van der Waals surface area contributed by atoms with E-state index in [0.717, 1.165) is 68.9 Å². The maximum atomic E-state index is 6.13. The number of nitrogens with zero attached hydrogens (tertiary/aromatic N) is 5. The van der Waals surface area contributed by atoms with Crippen molar-refractivity contribution in [2.24, 2.45) is 0 Å². The topological polar surface area (TPSA) is 35.5 Å². The van der Waals surface area contributed by atoms with Crippen molar-refractivity contribution in [1.29, 1.82) is 0 Å². The molecule has 1 aromatic heterocycles. The summed E-state index contributed by atoms with van der Waals surface area (Å²) in [5.74, 6) is 1.88. The molecule has 0 aliphatic carbocycles. The Morgan fingerprint density at radius 3 is 2.35 bits per heavy atom. The van der Waals surface area contributed by atoms with Gasteiger partial charge in [0.05, 0.1) is 0 Å². The Labute approximate surface area is 161 Å². The molecule has 0 spiro atoms. The molecule has 140 valence electrons. The van der Waals surface area contributed by atoms with Gasteiger partial charge in [-0.15, -0.1) is 0 Å². The predicted molar refractivity (Wildman–Crippen MR) is 111 cm³/mol. The Hall–Kier alpha value is -2.01. The minimum absolute atomic E-state index is 0.785. The molecule has 1 aliphatic rings. The second-order valence-corrected chi connectivity index (χ2v) is 7.09. The first kappa shape index (κ1) is 18.8. The Balaban J connectivity index is 1.66. The molecule has 5 nitrogen and oxygen atoms in total. The van der Waals surface area contributed by atoms with E-state index in [0.29, 0.717) is 0 Å². The van der Waals surface area contributed by atoms with Gasteiger partial charge in [0, 0.05) is 56.2 Å². The van der Waals surface area contributed by atoms with Crippen LogP contribution < -0.4 is 14.7 Å². The van der Waals surface area contributed by atoms with E-state index in [2.05, 4.69) is 39.6 Å². The highest BCUT2D eigenvalue weighted by Crippen LogP contribution is 2.22. The fraction of sp³-hybridized carbons (Fsp3) is 0.500. The maximum Gasteiger partial charge on any atom is 0.227 e. The number of hydrogen-bond acceptors (Lipinski definition) is 5.